The Balaban J connectivity index is 2.88. The predicted molar refractivity (Wildman–Crippen MR) is 60.2 cm³/mol. The van der Waals surface area contributed by atoms with Crippen LogP contribution in [-0.2, 0) is 4.79 Å². The van der Waals surface area contributed by atoms with Crippen LogP contribution >= 0.6 is 11.6 Å². The fourth-order valence-corrected chi connectivity index (χ4v) is 1.47. The molecule has 1 rings (SSSR count). The molecule has 1 amide bonds. The van der Waals surface area contributed by atoms with Crippen molar-refractivity contribution in [2.75, 3.05) is 13.7 Å². The van der Waals surface area contributed by atoms with Gasteiger partial charge < -0.3 is 10.1 Å². The minimum atomic E-state index is -0.889. The molecule has 0 saturated heterocycles. The van der Waals surface area contributed by atoms with Gasteiger partial charge in [-0.2, -0.15) is 0 Å². The molecule has 0 aromatic heterocycles. The third-order valence-corrected chi connectivity index (χ3v) is 2.50. The summed E-state index contributed by atoms with van der Waals surface area (Å²) in [5.41, 5.74) is 0.408. The number of hydrogen-bond acceptors (Lipinski definition) is 2. The number of likely N-dealkylation sites (N-methyl/N-ethyl adjacent to an activating group) is 1. The lowest BCUT2D eigenvalue weighted by Gasteiger charge is -2.10. The minimum absolute atomic E-state index is 0.128. The van der Waals surface area contributed by atoms with E-state index in [1.165, 1.54) is 19.2 Å². The van der Waals surface area contributed by atoms with Crippen molar-refractivity contribution in [2.45, 2.75) is 12.3 Å². The van der Waals surface area contributed by atoms with Crippen molar-refractivity contribution >= 4 is 17.5 Å². The normalized spacial score (nSPS) is 12.0. The average Bonchev–Trinajstić information content (AvgIpc) is 2.28. The molecule has 1 unspecified atom stereocenters. The molecule has 0 aliphatic heterocycles. The summed E-state index contributed by atoms with van der Waals surface area (Å²) in [6, 6.07) is 4.21. The summed E-state index contributed by atoms with van der Waals surface area (Å²) in [5, 5.41) is 1.68. The topological polar surface area (TPSA) is 38.3 Å². The van der Waals surface area contributed by atoms with Crippen LogP contribution in [0.4, 0.5) is 4.39 Å². The number of amides is 1. The Kier molecular flexibility index (Phi) is 4.55. The number of carbonyl (C=O) groups excluding carboxylic acids is 1. The number of rotatable bonds is 4. The van der Waals surface area contributed by atoms with Crippen LogP contribution in [0.1, 0.15) is 17.9 Å². The van der Waals surface area contributed by atoms with E-state index in [0.29, 0.717) is 12.1 Å². The lowest BCUT2D eigenvalue weighted by atomic mass is 10.1. The standard InChI is InChI=1S/C11H13ClFNO2/c1-3-14-11(15)10(12)7-4-5-9(16-2)8(13)6-7/h4-6,10H,3H2,1-2H3,(H,14,15). The molecule has 1 aromatic carbocycles. The smallest absolute Gasteiger partial charge is 0.242 e. The second-order valence-electron chi connectivity index (χ2n) is 3.15. The van der Waals surface area contributed by atoms with Crippen LogP contribution in [0.5, 0.6) is 5.75 Å². The van der Waals surface area contributed by atoms with E-state index in [-0.39, 0.29) is 11.7 Å². The van der Waals surface area contributed by atoms with Crippen molar-refractivity contribution in [3.8, 4) is 5.75 Å². The highest BCUT2D eigenvalue weighted by Crippen LogP contribution is 2.25. The van der Waals surface area contributed by atoms with E-state index in [4.69, 9.17) is 16.3 Å². The molecule has 0 heterocycles. The Morgan fingerprint density at radius 3 is 2.81 bits per heavy atom. The van der Waals surface area contributed by atoms with Gasteiger partial charge in [0.15, 0.2) is 11.6 Å². The van der Waals surface area contributed by atoms with Crippen LogP contribution < -0.4 is 10.1 Å². The van der Waals surface area contributed by atoms with Crippen molar-refractivity contribution < 1.29 is 13.9 Å². The molecule has 0 saturated carbocycles. The fraction of sp³-hybridized carbons (Fsp3) is 0.364. The molecule has 0 aliphatic rings. The summed E-state index contributed by atoms with van der Waals surface area (Å²) in [4.78, 5) is 11.4. The zero-order valence-corrected chi connectivity index (χ0v) is 9.84. The van der Waals surface area contributed by atoms with E-state index >= 15 is 0 Å². The number of ether oxygens (including phenoxy) is 1. The van der Waals surface area contributed by atoms with E-state index in [9.17, 15) is 9.18 Å². The Labute approximate surface area is 98.5 Å². The van der Waals surface area contributed by atoms with Gasteiger partial charge in [0, 0.05) is 6.54 Å². The molecule has 1 atom stereocenters. The van der Waals surface area contributed by atoms with Crippen molar-refractivity contribution in [2.24, 2.45) is 0 Å². The van der Waals surface area contributed by atoms with Crippen LogP contribution in [0, 0.1) is 5.82 Å². The molecule has 0 bridgehead atoms. The summed E-state index contributed by atoms with van der Waals surface area (Å²) >= 11 is 5.88. The average molecular weight is 246 g/mol. The molecule has 1 N–H and O–H groups in total. The molecule has 0 aliphatic carbocycles. The maximum atomic E-state index is 13.3. The first-order valence-corrected chi connectivity index (χ1v) is 5.29. The number of methoxy groups -OCH3 is 1. The number of hydrogen-bond donors (Lipinski definition) is 1. The molecule has 16 heavy (non-hydrogen) atoms. The second-order valence-corrected chi connectivity index (χ2v) is 3.59. The van der Waals surface area contributed by atoms with Gasteiger partial charge in [-0.3, -0.25) is 4.79 Å². The predicted octanol–water partition coefficient (Wildman–Crippen LogP) is 2.25. The van der Waals surface area contributed by atoms with Gasteiger partial charge in [0.25, 0.3) is 0 Å². The first-order valence-electron chi connectivity index (χ1n) is 4.85. The first-order chi connectivity index (χ1) is 7.60. The van der Waals surface area contributed by atoms with E-state index < -0.39 is 11.2 Å². The second kappa shape index (κ2) is 5.70. The molecule has 5 heteroatoms. The van der Waals surface area contributed by atoms with Crippen LogP contribution in [0.3, 0.4) is 0 Å². The van der Waals surface area contributed by atoms with Gasteiger partial charge in [0.1, 0.15) is 5.38 Å². The molecule has 1 aromatic rings. The zero-order chi connectivity index (χ0) is 12.1. The molecule has 0 radical (unpaired) electrons. The number of carbonyl (C=O) groups is 1. The lowest BCUT2D eigenvalue weighted by molar-refractivity contribution is -0.120. The summed E-state index contributed by atoms with van der Waals surface area (Å²) in [6.07, 6.45) is 0. The number of alkyl halides is 1. The van der Waals surface area contributed by atoms with Gasteiger partial charge in [-0.1, -0.05) is 6.07 Å². The minimum Gasteiger partial charge on any atom is -0.494 e. The molecule has 0 fully saturated rings. The van der Waals surface area contributed by atoms with E-state index in [1.54, 1.807) is 13.0 Å². The monoisotopic (exact) mass is 245 g/mol. The van der Waals surface area contributed by atoms with Crippen molar-refractivity contribution in [3.63, 3.8) is 0 Å². The van der Waals surface area contributed by atoms with Gasteiger partial charge in [-0.25, -0.2) is 4.39 Å². The molecule has 0 spiro atoms. The van der Waals surface area contributed by atoms with E-state index in [0.717, 1.165) is 0 Å². The first kappa shape index (κ1) is 12.8. The molecule has 3 nitrogen and oxygen atoms in total. The van der Waals surface area contributed by atoms with E-state index in [1.807, 2.05) is 0 Å². The molecular weight excluding hydrogens is 233 g/mol. The van der Waals surface area contributed by atoms with Crippen LogP contribution in [-0.4, -0.2) is 19.6 Å². The highest BCUT2D eigenvalue weighted by atomic mass is 35.5. The van der Waals surface area contributed by atoms with Crippen LogP contribution in [0.25, 0.3) is 0 Å². The zero-order valence-electron chi connectivity index (χ0n) is 9.09. The summed E-state index contributed by atoms with van der Waals surface area (Å²) in [6.45, 7) is 2.27. The number of benzene rings is 1. The summed E-state index contributed by atoms with van der Waals surface area (Å²) in [7, 11) is 1.38. The third-order valence-electron chi connectivity index (χ3n) is 2.05. The highest BCUT2D eigenvalue weighted by Gasteiger charge is 2.18. The van der Waals surface area contributed by atoms with Crippen LogP contribution in [0.15, 0.2) is 18.2 Å². The molecule has 88 valence electrons. The summed E-state index contributed by atoms with van der Waals surface area (Å²) < 4.78 is 18.1. The van der Waals surface area contributed by atoms with Gasteiger partial charge in [0.2, 0.25) is 5.91 Å². The van der Waals surface area contributed by atoms with Crippen LogP contribution in [0.2, 0.25) is 0 Å². The van der Waals surface area contributed by atoms with E-state index in [2.05, 4.69) is 5.32 Å². The van der Waals surface area contributed by atoms with Gasteiger partial charge in [-0.15, -0.1) is 11.6 Å². The highest BCUT2D eigenvalue weighted by molar-refractivity contribution is 6.30. The SMILES string of the molecule is CCNC(=O)C(Cl)c1ccc(OC)c(F)c1. The Hall–Kier alpha value is -1.29. The third kappa shape index (κ3) is 2.85. The summed E-state index contributed by atoms with van der Waals surface area (Å²) in [5.74, 6) is -0.743. The maximum absolute atomic E-state index is 13.3. The van der Waals surface area contributed by atoms with Crippen molar-refractivity contribution in [1.29, 1.82) is 0 Å². The maximum Gasteiger partial charge on any atom is 0.242 e. The van der Waals surface area contributed by atoms with Crippen molar-refractivity contribution in [3.05, 3.63) is 29.6 Å². The van der Waals surface area contributed by atoms with Gasteiger partial charge >= 0.3 is 0 Å². The Bertz CT molecular complexity index is 384. The molecular formula is C11H13ClFNO2. The van der Waals surface area contributed by atoms with Gasteiger partial charge in [-0.05, 0) is 24.6 Å². The fourth-order valence-electron chi connectivity index (χ4n) is 1.26. The van der Waals surface area contributed by atoms with Gasteiger partial charge in [0.05, 0.1) is 7.11 Å². The van der Waals surface area contributed by atoms with Crippen molar-refractivity contribution in [1.82, 2.24) is 5.32 Å². The Morgan fingerprint density at radius 1 is 1.62 bits per heavy atom. The quantitative estimate of drug-likeness (QED) is 0.827. The Morgan fingerprint density at radius 2 is 2.31 bits per heavy atom. The largest absolute Gasteiger partial charge is 0.494 e. The number of halogens is 2. The number of nitrogens with one attached hydrogen (secondary N) is 1. The lowest BCUT2D eigenvalue weighted by Crippen LogP contribution is -2.26.